The van der Waals surface area contributed by atoms with Crippen LogP contribution in [0, 0.1) is 0 Å². The van der Waals surface area contributed by atoms with Crippen molar-refractivity contribution in [2.45, 2.75) is 44.2 Å². The van der Waals surface area contributed by atoms with Crippen LogP contribution in [0.2, 0.25) is 0 Å². The molecule has 20 heavy (non-hydrogen) atoms. The van der Waals surface area contributed by atoms with Gasteiger partial charge < -0.3 is 10.5 Å². The zero-order chi connectivity index (χ0) is 14.4. The van der Waals surface area contributed by atoms with Crippen LogP contribution in [0.5, 0.6) is 0 Å². The van der Waals surface area contributed by atoms with E-state index in [1.165, 1.54) is 18.4 Å². The third kappa shape index (κ3) is 4.30. The smallest absolute Gasteiger partial charge is 0.0702 e. The van der Waals surface area contributed by atoms with E-state index in [1.807, 2.05) is 0 Å². The highest BCUT2D eigenvalue weighted by Gasteiger charge is 2.22. The number of hydrogen-bond donors (Lipinski definition) is 1. The van der Waals surface area contributed by atoms with Crippen molar-refractivity contribution in [1.82, 2.24) is 4.90 Å². The maximum atomic E-state index is 5.99. The summed E-state index contributed by atoms with van der Waals surface area (Å²) in [7, 11) is 2.18. The summed E-state index contributed by atoms with van der Waals surface area (Å²) in [6, 6.07) is 11.1. The maximum Gasteiger partial charge on any atom is 0.0702 e. The third-order valence-corrected chi connectivity index (χ3v) is 4.41. The molecule has 1 saturated heterocycles. The lowest BCUT2D eigenvalue weighted by Crippen LogP contribution is -2.42. The molecule has 0 aromatic heterocycles. The van der Waals surface area contributed by atoms with Gasteiger partial charge >= 0.3 is 0 Å². The largest absolute Gasteiger partial charge is 0.377 e. The van der Waals surface area contributed by atoms with E-state index < -0.39 is 0 Å². The number of benzene rings is 1. The van der Waals surface area contributed by atoms with Gasteiger partial charge in [-0.2, -0.15) is 0 Å². The van der Waals surface area contributed by atoms with Gasteiger partial charge in [-0.3, -0.25) is 4.90 Å². The van der Waals surface area contributed by atoms with E-state index in [4.69, 9.17) is 10.5 Å². The van der Waals surface area contributed by atoms with Crippen molar-refractivity contribution in [2.24, 2.45) is 5.73 Å². The lowest BCUT2D eigenvalue weighted by atomic mass is 9.93. The van der Waals surface area contributed by atoms with Gasteiger partial charge in [0.1, 0.15) is 0 Å². The minimum atomic E-state index is 0.404. The highest BCUT2D eigenvalue weighted by Crippen LogP contribution is 2.23. The van der Waals surface area contributed by atoms with Crippen molar-refractivity contribution in [3.63, 3.8) is 0 Å². The summed E-state index contributed by atoms with van der Waals surface area (Å²) in [5, 5.41) is 0. The van der Waals surface area contributed by atoms with Crippen LogP contribution >= 0.6 is 0 Å². The van der Waals surface area contributed by atoms with E-state index in [1.54, 1.807) is 0 Å². The van der Waals surface area contributed by atoms with Gasteiger partial charge in [-0.15, -0.1) is 0 Å². The van der Waals surface area contributed by atoms with E-state index in [9.17, 15) is 0 Å². The first-order valence-electron chi connectivity index (χ1n) is 7.77. The normalized spacial score (nSPS) is 22.1. The third-order valence-electron chi connectivity index (χ3n) is 4.41. The fraction of sp³-hybridized carbons (Fsp3) is 0.647. The summed E-state index contributed by atoms with van der Waals surface area (Å²) in [5.74, 6) is 0.539. The van der Waals surface area contributed by atoms with Crippen molar-refractivity contribution in [3.05, 3.63) is 35.9 Å². The average molecular weight is 276 g/mol. The van der Waals surface area contributed by atoms with Gasteiger partial charge in [0.05, 0.1) is 6.10 Å². The van der Waals surface area contributed by atoms with E-state index >= 15 is 0 Å². The van der Waals surface area contributed by atoms with Crippen molar-refractivity contribution in [1.29, 1.82) is 0 Å². The SMILES string of the molecule is CC(CC(CN)N(C)CC1CCCO1)c1ccccc1. The molecule has 1 aliphatic rings. The maximum absolute atomic E-state index is 5.99. The molecular weight excluding hydrogens is 248 g/mol. The van der Waals surface area contributed by atoms with Crippen LogP contribution in [-0.2, 0) is 4.74 Å². The molecule has 0 aliphatic carbocycles. The van der Waals surface area contributed by atoms with Gasteiger partial charge in [0.15, 0.2) is 0 Å². The second-order valence-electron chi connectivity index (χ2n) is 6.01. The number of ether oxygens (including phenoxy) is 1. The second-order valence-corrected chi connectivity index (χ2v) is 6.01. The van der Waals surface area contributed by atoms with Gasteiger partial charge in [-0.05, 0) is 37.8 Å². The minimum absolute atomic E-state index is 0.404. The van der Waals surface area contributed by atoms with Crippen LogP contribution in [0.25, 0.3) is 0 Å². The zero-order valence-electron chi connectivity index (χ0n) is 12.8. The fourth-order valence-corrected chi connectivity index (χ4v) is 3.04. The van der Waals surface area contributed by atoms with Crippen LogP contribution in [0.3, 0.4) is 0 Å². The van der Waals surface area contributed by atoms with E-state index in [2.05, 4.69) is 49.2 Å². The number of hydrogen-bond acceptors (Lipinski definition) is 3. The van der Waals surface area contributed by atoms with E-state index in [0.717, 1.165) is 19.6 Å². The molecule has 0 bridgehead atoms. The predicted molar refractivity (Wildman–Crippen MR) is 83.9 cm³/mol. The van der Waals surface area contributed by atoms with Gasteiger partial charge in [0, 0.05) is 25.7 Å². The number of rotatable bonds is 7. The summed E-state index contributed by atoms with van der Waals surface area (Å²) in [6.07, 6.45) is 3.90. The molecule has 112 valence electrons. The molecule has 1 aromatic rings. The number of nitrogens with two attached hydrogens (primary N) is 1. The quantitative estimate of drug-likeness (QED) is 0.832. The van der Waals surface area contributed by atoms with Gasteiger partial charge in [-0.1, -0.05) is 37.3 Å². The molecule has 1 aliphatic heterocycles. The molecule has 0 saturated carbocycles. The Morgan fingerprint density at radius 3 is 2.70 bits per heavy atom. The molecule has 2 N–H and O–H groups in total. The second kappa shape index (κ2) is 7.77. The molecule has 1 heterocycles. The van der Waals surface area contributed by atoms with Gasteiger partial charge in [0.2, 0.25) is 0 Å². The lowest BCUT2D eigenvalue weighted by Gasteiger charge is -2.31. The van der Waals surface area contributed by atoms with Crippen LogP contribution in [0.1, 0.15) is 37.7 Å². The minimum Gasteiger partial charge on any atom is -0.377 e. The Balaban J connectivity index is 1.87. The monoisotopic (exact) mass is 276 g/mol. The average Bonchev–Trinajstić information content (AvgIpc) is 2.98. The van der Waals surface area contributed by atoms with Crippen molar-refractivity contribution in [2.75, 3.05) is 26.7 Å². The Hall–Kier alpha value is -0.900. The molecule has 3 heteroatoms. The lowest BCUT2D eigenvalue weighted by molar-refractivity contribution is 0.0667. The highest BCUT2D eigenvalue weighted by molar-refractivity contribution is 5.18. The molecular formula is C17H28N2O. The first-order valence-corrected chi connectivity index (χ1v) is 7.77. The van der Waals surface area contributed by atoms with Gasteiger partial charge in [0.25, 0.3) is 0 Å². The first-order chi connectivity index (χ1) is 9.70. The summed E-state index contributed by atoms with van der Waals surface area (Å²) >= 11 is 0. The number of likely N-dealkylation sites (N-methyl/N-ethyl adjacent to an activating group) is 1. The molecule has 0 spiro atoms. The first kappa shape index (κ1) is 15.5. The molecule has 3 nitrogen and oxygen atoms in total. The number of nitrogens with zero attached hydrogens (tertiary/aromatic N) is 1. The molecule has 0 amide bonds. The fourth-order valence-electron chi connectivity index (χ4n) is 3.04. The standard InChI is InChI=1S/C17H28N2O/c1-14(15-7-4-3-5-8-15)11-16(12-18)19(2)13-17-9-6-10-20-17/h3-5,7-8,14,16-17H,6,9-13,18H2,1-2H3. The summed E-state index contributed by atoms with van der Waals surface area (Å²) in [4.78, 5) is 2.38. The van der Waals surface area contributed by atoms with Gasteiger partial charge in [-0.25, -0.2) is 0 Å². The molecule has 3 unspecified atom stereocenters. The Morgan fingerprint density at radius 2 is 2.10 bits per heavy atom. The Kier molecular flexibility index (Phi) is 6.02. The summed E-state index contributed by atoms with van der Waals surface area (Å²) in [6.45, 7) is 4.92. The molecule has 0 radical (unpaired) electrons. The zero-order valence-corrected chi connectivity index (χ0v) is 12.8. The Bertz CT molecular complexity index is 376. The molecule has 1 aromatic carbocycles. The van der Waals surface area contributed by atoms with Crippen molar-refractivity contribution < 1.29 is 4.74 Å². The summed E-state index contributed by atoms with van der Waals surface area (Å²) < 4.78 is 5.73. The summed E-state index contributed by atoms with van der Waals surface area (Å²) in [5.41, 5.74) is 7.39. The molecule has 3 atom stereocenters. The van der Waals surface area contributed by atoms with Crippen LogP contribution < -0.4 is 5.73 Å². The van der Waals surface area contributed by atoms with Crippen LogP contribution in [-0.4, -0.2) is 43.8 Å². The molecule has 2 rings (SSSR count). The highest BCUT2D eigenvalue weighted by atomic mass is 16.5. The van der Waals surface area contributed by atoms with E-state index in [0.29, 0.717) is 24.6 Å². The Morgan fingerprint density at radius 1 is 1.35 bits per heavy atom. The topological polar surface area (TPSA) is 38.5 Å². The predicted octanol–water partition coefficient (Wildman–Crippen LogP) is 2.62. The Labute approximate surface area is 123 Å². The van der Waals surface area contributed by atoms with Crippen LogP contribution in [0.4, 0.5) is 0 Å². The molecule has 1 fully saturated rings. The van der Waals surface area contributed by atoms with Crippen molar-refractivity contribution in [3.8, 4) is 0 Å². The van der Waals surface area contributed by atoms with Crippen LogP contribution in [0.15, 0.2) is 30.3 Å². The van der Waals surface area contributed by atoms with Crippen molar-refractivity contribution >= 4 is 0 Å². The van der Waals surface area contributed by atoms with E-state index in [-0.39, 0.29) is 0 Å².